The molecule has 1 atom stereocenters. The van der Waals surface area contributed by atoms with Crippen molar-refractivity contribution in [2.45, 2.75) is 32.2 Å². The maximum atomic E-state index is 5.91. The van der Waals surface area contributed by atoms with Gasteiger partial charge in [-0.2, -0.15) is 0 Å². The third-order valence-corrected chi connectivity index (χ3v) is 3.75. The van der Waals surface area contributed by atoms with E-state index < -0.39 is 0 Å². The summed E-state index contributed by atoms with van der Waals surface area (Å²) in [6.07, 6.45) is 4.08. The van der Waals surface area contributed by atoms with E-state index in [2.05, 4.69) is 28.2 Å². The highest BCUT2D eigenvalue weighted by atomic mass is 79.9. The minimum atomic E-state index is 0.523. The maximum absolute atomic E-state index is 5.91. The molecule has 0 aliphatic heterocycles. The lowest BCUT2D eigenvalue weighted by atomic mass is 9.80. The molecule has 0 amide bonds. The summed E-state index contributed by atoms with van der Waals surface area (Å²) in [6, 6.07) is 6.47. The molecule has 1 aromatic carbocycles. The van der Waals surface area contributed by atoms with E-state index in [-0.39, 0.29) is 0 Å². The Morgan fingerprint density at radius 1 is 1.47 bits per heavy atom. The molecular formula is C12H17BrN2. The van der Waals surface area contributed by atoms with Gasteiger partial charge in [-0.05, 0) is 43.9 Å². The third-order valence-electron chi connectivity index (χ3n) is 3.26. The van der Waals surface area contributed by atoms with Gasteiger partial charge in [0, 0.05) is 10.5 Å². The number of nitrogens with one attached hydrogen (secondary N) is 1. The normalized spacial score (nSPS) is 18.3. The molecule has 1 fully saturated rings. The minimum absolute atomic E-state index is 0.523. The van der Waals surface area contributed by atoms with Gasteiger partial charge in [0.15, 0.2) is 0 Å². The lowest BCUT2D eigenvalue weighted by Gasteiger charge is -2.32. The zero-order chi connectivity index (χ0) is 10.8. The van der Waals surface area contributed by atoms with Crippen LogP contribution in [-0.4, -0.2) is 6.04 Å². The molecule has 15 heavy (non-hydrogen) atoms. The van der Waals surface area contributed by atoms with Gasteiger partial charge < -0.3 is 11.1 Å². The lowest BCUT2D eigenvalue weighted by Crippen LogP contribution is -2.31. The number of nitrogens with two attached hydrogens (primary N) is 1. The molecular weight excluding hydrogens is 252 g/mol. The van der Waals surface area contributed by atoms with E-state index in [1.165, 1.54) is 19.3 Å². The molecule has 1 aromatic rings. The second-order valence-electron chi connectivity index (χ2n) is 4.36. The van der Waals surface area contributed by atoms with E-state index >= 15 is 0 Å². The SMILES string of the molecule is CC(Nc1cc(Br)ccc1N)C1CCC1. The Morgan fingerprint density at radius 2 is 2.20 bits per heavy atom. The van der Waals surface area contributed by atoms with Gasteiger partial charge in [-0.15, -0.1) is 0 Å². The van der Waals surface area contributed by atoms with Crippen LogP contribution in [-0.2, 0) is 0 Å². The summed E-state index contributed by atoms with van der Waals surface area (Å²) in [5.41, 5.74) is 7.78. The fourth-order valence-electron chi connectivity index (χ4n) is 1.96. The van der Waals surface area contributed by atoms with Gasteiger partial charge in [-0.25, -0.2) is 0 Å². The summed E-state index contributed by atoms with van der Waals surface area (Å²) in [5.74, 6) is 0.823. The topological polar surface area (TPSA) is 38.0 Å². The Morgan fingerprint density at radius 3 is 2.80 bits per heavy atom. The van der Waals surface area contributed by atoms with Crippen LogP contribution in [0.25, 0.3) is 0 Å². The molecule has 2 rings (SSSR count). The highest BCUT2D eigenvalue weighted by Crippen LogP contribution is 2.32. The van der Waals surface area contributed by atoms with Crippen LogP contribution in [0, 0.1) is 5.92 Å². The van der Waals surface area contributed by atoms with Crippen molar-refractivity contribution in [1.29, 1.82) is 0 Å². The molecule has 0 aromatic heterocycles. The molecule has 0 spiro atoms. The van der Waals surface area contributed by atoms with Gasteiger partial charge in [-0.3, -0.25) is 0 Å². The second kappa shape index (κ2) is 4.44. The fourth-order valence-corrected chi connectivity index (χ4v) is 2.32. The molecule has 1 saturated carbocycles. The van der Waals surface area contributed by atoms with Crippen molar-refractivity contribution < 1.29 is 0 Å². The minimum Gasteiger partial charge on any atom is -0.397 e. The van der Waals surface area contributed by atoms with Gasteiger partial charge in [0.25, 0.3) is 0 Å². The summed E-state index contributed by atoms with van der Waals surface area (Å²) < 4.78 is 1.07. The summed E-state index contributed by atoms with van der Waals surface area (Å²) in [4.78, 5) is 0. The number of nitrogen functional groups attached to an aromatic ring is 1. The Hall–Kier alpha value is -0.700. The molecule has 2 nitrogen and oxygen atoms in total. The number of rotatable bonds is 3. The molecule has 0 heterocycles. The number of hydrogen-bond acceptors (Lipinski definition) is 2. The quantitative estimate of drug-likeness (QED) is 0.822. The Kier molecular flexibility index (Phi) is 3.19. The zero-order valence-corrected chi connectivity index (χ0v) is 10.5. The van der Waals surface area contributed by atoms with Crippen LogP contribution in [0.2, 0.25) is 0 Å². The second-order valence-corrected chi connectivity index (χ2v) is 5.27. The molecule has 1 unspecified atom stereocenters. The molecule has 3 N–H and O–H groups in total. The molecule has 0 radical (unpaired) electrons. The highest BCUT2D eigenvalue weighted by molar-refractivity contribution is 9.10. The van der Waals surface area contributed by atoms with Crippen molar-refractivity contribution in [3.8, 4) is 0 Å². The molecule has 82 valence electrons. The van der Waals surface area contributed by atoms with E-state index in [0.717, 1.165) is 21.8 Å². The van der Waals surface area contributed by atoms with Crippen LogP contribution in [0.3, 0.4) is 0 Å². The third kappa shape index (κ3) is 2.46. The lowest BCUT2D eigenvalue weighted by molar-refractivity contribution is 0.285. The van der Waals surface area contributed by atoms with E-state index in [9.17, 15) is 0 Å². The summed E-state index contributed by atoms with van der Waals surface area (Å²) in [6.45, 7) is 2.24. The molecule has 0 saturated heterocycles. The predicted molar refractivity (Wildman–Crippen MR) is 69.0 cm³/mol. The van der Waals surface area contributed by atoms with Crippen molar-refractivity contribution in [3.63, 3.8) is 0 Å². The molecule has 1 aliphatic rings. The van der Waals surface area contributed by atoms with Gasteiger partial charge in [0.2, 0.25) is 0 Å². The van der Waals surface area contributed by atoms with Crippen LogP contribution in [0.4, 0.5) is 11.4 Å². The van der Waals surface area contributed by atoms with E-state index in [0.29, 0.717) is 6.04 Å². The van der Waals surface area contributed by atoms with Crippen LogP contribution in [0.1, 0.15) is 26.2 Å². The van der Waals surface area contributed by atoms with E-state index in [4.69, 9.17) is 5.73 Å². The monoisotopic (exact) mass is 268 g/mol. The van der Waals surface area contributed by atoms with E-state index in [1.807, 2.05) is 18.2 Å². The van der Waals surface area contributed by atoms with Crippen molar-refractivity contribution in [1.82, 2.24) is 0 Å². The smallest absolute Gasteiger partial charge is 0.0587 e. The first-order chi connectivity index (χ1) is 7.16. The van der Waals surface area contributed by atoms with Gasteiger partial charge in [0.1, 0.15) is 0 Å². The number of halogens is 1. The summed E-state index contributed by atoms with van der Waals surface area (Å²) in [5, 5.41) is 3.50. The largest absolute Gasteiger partial charge is 0.397 e. The van der Waals surface area contributed by atoms with Gasteiger partial charge in [0.05, 0.1) is 11.4 Å². The van der Waals surface area contributed by atoms with Crippen molar-refractivity contribution in [2.75, 3.05) is 11.1 Å². The van der Waals surface area contributed by atoms with Crippen LogP contribution < -0.4 is 11.1 Å². The molecule has 0 bridgehead atoms. The number of anilines is 2. The fraction of sp³-hybridized carbons (Fsp3) is 0.500. The van der Waals surface area contributed by atoms with Crippen molar-refractivity contribution in [2.24, 2.45) is 5.92 Å². The average molecular weight is 269 g/mol. The average Bonchev–Trinajstić information content (AvgIpc) is 2.08. The number of hydrogen-bond donors (Lipinski definition) is 2. The Labute approximate surface area is 99.4 Å². The standard InChI is InChI=1S/C12H17BrN2/c1-8(9-3-2-4-9)15-12-7-10(13)5-6-11(12)14/h5-9,15H,2-4,14H2,1H3. The first-order valence-electron chi connectivity index (χ1n) is 5.48. The first kappa shape index (κ1) is 10.8. The maximum Gasteiger partial charge on any atom is 0.0587 e. The van der Waals surface area contributed by atoms with E-state index in [1.54, 1.807) is 0 Å². The summed E-state index contributed by atoms with van der Waals surface area (Å²) in [7, 11) is 0. The Bertz CT molecular complexity index is 347. The predicted octanol–water partition coefficient (Wildman–Crippen LogP) is 3.63. The summed E-state index contributed by atoms with van der Waals surface area (Å²) >= 11 is 3.46. The Balaban J connectivity index is 2.05. The number of benzene rings is 1. The van der Waals surface area contributed by atoms with Crippen molar-refractivity contribution in [3.05, 3.63) is 22.7 Å². The highest BCUT2D eigenvalue weighted by Gasteiger charge is 2.23. The van der Waals surface area contributed by atoms with Crippen LogP contribution >= 0.6 is 15.9 Å². The van der Waals surface area contributed by atoms with Gasteiger partial charge >= 0.3 is 0 Å². The zero-order valence-electron chi connectivity index (χ0n) is 8.96. The van der Waals surface area contributed by atoms with Crippen LogP contribution in [0.5, 0.6) is 0 Å². The molecule has 1 aliphatic carbocycles. The van der Waals surface area contributed by atoms with Crippen molar-refractivity contribution >= 4 is 27.3 Å². The molecule has 3 heteroatoms. The van der Waals surface area contributed by atoms with Gasteiger partial charge in [-0.1, -0.05) is 22.4 Å². The first-order valence-corrected chi connectivity index (χ1v) is 6.27. The van der Waals surface area contributed by atoms with Crippen LogP contribution in [0.15, 0.2) is 22.7 Å².